The fraction of sp³-hybridized carbons (Fsp3) is 0.586. The first-order valence-electron chi connectivity index (χ1n) is 13.6. The average molecular weight is 602 g/mol. The van der Waals surface area contributed by atoms with Gasteiger partial charge in [0.25, 0.3) is 0 Å². The predicted molar refractivity (Wildman–Crippen MR) is 172 cm³/mol. The van der Waals surface area contributed by atoms with Crippen molar-refractivity contribution < 1.29 is 3.76 Å². The van der Waals surface area contributed by atoms with Gasteiger partial charge >= 0.3 is 225 Å². The Bertz CT molecular complexity index is 981. The summed E-state index contributed by atoms with van der Waals surface area (Å²) in [5.41, 5.74) is 5.58. The molecule has 194 valence electrons. The Morgan fingerprint density at radius 1 is 0.657 bits per heavy atom. The molecule has 0 spiro atoms. The van der Waals surface area contributed by atoms with Crippen LogP contribution in [0.3, 0.4) is 0 Å². The quantitative estimate of drug-likeness (QED) is 0.283. The van der Waals surface area contributed by atoms with Crippen LogP contribution in [0.5, 0.6) is 0 Å². The molecule has 1 nitrogen and oxygen atoms in total. The number of rotatable bonds is 7. The summed E-state index contributed by atoms with van der Waals surface area (Å²) < 4.78 is 10.2. The summed E-state index contributed by atoms with van der Waals surface area (Å²) in [5, 5.41) is 0. The molecule has 3 rings (SSSR count). The molecule has 1 unspecified atom stereocenters. The van der Waals surface area contributed by atoms with Gasteiger partial charge in [-0.3, -0.25) is 0 Å². The van der Waals surface area contributed by atoms with Gasteiger partial charge in [0.2, 0.25) is 0 Å². The van der Waals surface area contributed by atoms with Crippen LogP contribution in [0.25, 0.3) is 5.76 Å². The first kappa shape index (κ1) is 29.2. The van der Waals surface area contributed by atoms with Gasteiger partial charge < -0.3 is 0 Å². The Kier molecular flexibility index (Phi) is 7.88. The molecule has 6 heteroatoms. The third-order valence-corrected chi connectivity index (χ3v) is 64.5. The van der Waals surface area contributed by atoms with E-state index in [1.54, 1.807) is 0 Å². The molecule has 1 aromatic rings. The summed E-state index contributed by atoms with van der Waals surface area (Å²) in [5.74, 6) is 1.25. The molecule has 2 aliphatic rings. The van der Waals surface area contributed by atoms with Crippen molar-refractivity contribution >= 4 is 51.7 Å². The third-order valence-electron chi connectivity index (χ3n) is 8.00. The van der Waals surface area contributed by atoms with Crippen LogP contribution in [0, 0.1) is 6.92 Å². The average Bonchev–Trinajstić information content (AvgIpc) is 2.91. The Morgan fingerprint density at radius 2 is 1.09 bits per heavy atom. The van der Waals surface area contributed by atoms with Crippen molar-refractivity contribution in [2.45, 2.75) is 105 Å². The van der Waals surface area contributed by atoms with Crippen molar-refractivity contribution in [1.29, 1.82) is 0 Å². The van der Waals surface area contributed by atoms with Crippen LogP contribution in [-0.4, -0.2) is 45.9 Å². The molecule has 1 heterocycles. The van der Waals surface area contributed by atoms with Crippen molar-refractivity contribution in [3.63, 3.8) is 0 Å². The number of aryl methyl sites for hydroxylation is 1. The molecule has 0 bridgehead atoms. The number of benzene rings is 1. The van der Waals surface area contributed by atoms with Crippen molar-refractivity contribution in [3.05, 3.63) is 64.8 Å². The zero-order chi connectivity index (χ0) is 26.8. The standard InChI is InChI=1S/C29H52GeOSi4/c1-22-15-18-24(19-16-22)27-25-20-17-23(2)21-26(25)30(31-27,28(32(3,4)5)33(6,7)8)29(34(9,10)11)35(12,13)14/h15-21,26,28-29H,1-14H3. The van der Waals surface area contributed by atoms with Crippen LogP contribution in [0.4, 0.5) is 0 Å². The van der Waals surface area contributed by atoms with E-state index in [0.29, 0.717) is 4.75 Å². The van der Waals surface area contributed by atoms with Crippen molar-refractivity contribution in [2.24, 2.45) is 0 Å². The van der Waals surface area contributed by atoms with Crippen molar-refractivity contribution in [1.82, 2.24) is 0 Å². The molecule has 1 aromatic carbocycles. The predicted octanol–water partition coefficient (Wildman–Crippen LogP) is 9.82. The van der Waals surface area contributed by atoms with E-state index in [-0.39, 0.29) is 0 Å². The topological polar surface area (TPSA) is 9.23 Å². The Balaban J connectivity index is 2.47. The second-order valence-corrected chi connectivity index (χ2v) is 50.6. The number of hydrogen-bond acceptors (Lipinski definition) is 1. The first-order chi connectivity index (χ1) is 15.7. The van der Waals surface area contributed by atoms with E-state index >= 15 is 0 Å². The molecule has 0 saturated carbocycles. The Morgan fingerprint density at radius 3 is 1.49 bits per heavy atom. The molecule has 0 radical (unpaired) electrons. The maximum absolute atomic E-state index is 8.01. The molecule has 0 aromatic heterocycles. The van der Waals surface area contributed by atoms with Gasteiger partial charge in [-0.05, 0) is 0 Å². The molecule has 0 N–H and O–H groups in total. The second-order valence-electron chi connectivity index (χ2n) is 15.7. The van der Waals surface area contributed by atoms with E-state index in [1.807, 2.05) is 0 Å². The summed E-state index contributed by atoms with van der Waals surface area (Å²) in [6.45, 7) is 36.6. The number of allylic oxidation sites excluding steroid dienone is 5. The van der Waals surface area contributed by atoms with Crippen LogP contribution in [0.2, 0.25) is 91.3 Å². The summed E-state index contributed by atoms with van der Waals surface area (Å²) >= 11 is -3.12. The fourth-order valence-corrected chi connectivity index (χ4v) is 87.5. The van der Waals surface area contributed by atoms with Crippen LogP contribution in [-0.2, 0) is 3.76 Å². The summed E-state index contributed by atoms with van der Waals surface area (Å²) in [4.78, 5) is 0. The van der Waals surface area contributed by atoms with Gasteiger partial charge in [-0.25, -0.2) is 0 Å². The molecule has 35 heavy (non-hydrogen) atoms. The molecular formula is C29H52GeOSi4. The molecule has 1 atom stereocenters. The molecular weight excluding hydrogens is 549 g/mol. The molecule has 0 saturated heterocycles. The maximum atomic E-state index is 8.01. The summed E-state index contributed by atoms with van der Waals surface area (Å²) in [6.07, 6.45) is 7.49. The van der Waals surface area contributed by atoms with E-state index in [9.17, 15) is 0 Å². The number of fused-ring (bicyclic) bond motifs is 1. The van der Waals surface area contributed by atoms with E-state index in [1.165, 1.54) is 28.0 Å². The van der Waals surface area contributed by atoms with E-state index in [4.69, 9.17) is 3.76 Å². The minimum atomic E-state index is -3.12. The van der Waals surface area contributed by atoms with Gasteiger partial charge in [0.15, 0.2) is 0 Å². The normalized spacial score (nSPS) is 20.9. The van der Waals surface area contributed by atoms with Gasteiger partial charge in [0.05, 0.1) is 0 Å². The van der Waals surface area contributed by atoms with Crippen molar-refractivity contribution in [3.8, 4) is 0 Å². The van der Waals surface area contributed by atoms with Gasteiger partial charge in [-0.1, -0.05) is 0 Å². The third kappa shape index (κ3) is 5.59. The van der Waals surface area contributed by atoms with Crippen LogP contribution >= 0.6 is 0 Å². The minimum absolute atomic E-state index is 0.531. The van der Waals surface area contributed by atoms with Gasteiger partial charge in [-0.2, -0.15) is 0 Å². The van der Waals surface area contributed by atoms with Crippen LogP contribution in [0.1, 0.15) is 18.1 Å². The molecule has 0 fully saturated rings. The van der Waals surface area contributed by atoms with Gasteiger partial charge in [0, 0.05) is 0 Å². The zero-order valence-electron chi connectivity index (χ0n) is 25.2. The Labute approximate surface area is 224 Å². The zero-order valence-corrected chi connectivity index (χ0v) is 31.3. The first-order valence-corrected chi connectivity index (χ1v) is 32.4. The Hall–Kier alpha value is -0.350. The van der Waals surface area contributed by atoms with Crippen LogP contribution < -0.4 is 0 Å². The van der Waals surface area contributed by atoms with E-state index in [2.05, 4.69) is 135 Å². The number of hydrogen-bond donors (Lipinski definition) is 0. The van der Waals surface area contributed by atoms with E-state index in [0.717, 1.165) is 7.99 Å². The molecule has 1 aliphatic carbocycles. The monoisotopic (exact) mass is 602 g/mol. The SMILES string of the molecule is CC1=C[CH]2C(=C(c3ccc(C)cc3)[O][Ge]2([CH]([Si](C)(C)C)[Si](C)(C)C)[CH]([Si](C)(C)C)[Si](C)(C)C)C=C1. The molecule has 0 amide bonds. The van der Waals surface area contributed by atoms with Gasteiger partial charge in [-0.15, -0.1) is 0 Å². The van der Waals surface area contributed by atoms with Crippen molar-refractivity contribution in [2.75, 3.05) is 0 Å². The summed E-state index contributed by atoms with van der Waals surface area (Å²) in [7, 11) is -6.13. The van der Waals surface area contributed by atoms with Crippen LogP contribution in [0.15, 0.2) is 53.6 Å². The fourth-order valence-electron chi connectivity index (χ4n) is 8.50. The summed E-state index contributed by atoms with van der Waals surface area (Å²) in [6, 6.07) is 9.18. The van der Waals surface area contributed by atoms with Gasteiger partial charge in [0.1, 0.15) is 0 Å². The van der Waals surface area contributed by atoms with E-state index < -0.39 is 45.9 Å². The second kappa shape index (κ2) is 9.44. The molecule has 1 aliphatic heterocycles.